The lowest BCUT2D eigenvalue weighted by Gasteiger charge is -2.28. The molecule has 0 saturated carbocycles. The number of benzene rings is 1. The first-order chi connectivity index (χ1) is 9.39. The Labute approximate surface area is 130 Å². The Balaban J connectivity index is 1.98. The summed E-state index contributed by atoms with van der Waals surface area (Å²) >= 11 is 8.24. The molecule has 0 amide bonds. The molecule has 4 heteroatoms. The average molecular weight is 311 g/mol. The molecule has 0 bridgehead atoms. The van der Waals surface area contributed by atoms with Crippen LogP contribution < -0.4 is 5.32 Å². The van der Waals surface area contributed by atoms with Gasteiger partial charge in [0.1, 0.15) is 0 Å². The van der Waals surface area contributed by atoms with Crippen molar-refractivity contribution in [3.8, 4) is 0 Å². The van der Waals surface area contributed by atoms with Gasteiger partial charge in [0, 0.05) is 34.6 Å². The standard InChI is InChI=1S/C16H23ClN2S/c1-16(2,11-19(3)4)10-18-9-14-15(17)12-7-5-6-8-13(12)20-14/h5-8,18H,9-11H2,1-4H3. The lowest BCUT2D eigenvalue weighted by molar-refractivity contribution is 0.232. The summed E-state index contributed by atoms with van der Waals surface area (Å²) < 4.78 is 1.27. The first-order valence-electron chi connectivity index (χ1n) is 6.90. The first-order valence-corrected chi connectivity index (χ1v) is 8.10. The van der Waals surface area contributed by atoms with E-state index in [0.717, 1.165) is 24.7 Å². The highest BCUT2D eigenvalue weighted by atomic mass is 35.5. The number of thiophene rings is 1. The lowest BCUT2D eigenvalue weighted by atomic mass is 9.93. The number of fused-ring (bicyclic) bond motifs is 1. The van der Waals surface area contributed by atoms with Gasteiger partial charge < -0.3 is 10.2 Å². The maximum atomic E-state index is 6.45. The molecule has 0 fully saturated rings. The van der Waals surface area contributed by atoms with E-state index in [1.54, 1.807) is 11.3 Å². The molecule has 0 aliphatic carbocycles. The minimum absolute atomic E-state index is 0.257. The molecule has 1 N–H and O–H groups in total. The highest BCUT2D eigenvalue weighted by Gasteiger charge is 2.18. The van der Waals surface area contributed by atoms with Gasteiger partial charge in [0.05, 0.1) is 5.02 Å². The van der Waals surface area contributed by atoms with Crippen molar-refractivity contribution in [1.29, 1.82) is 0 Å². The van der Waals surface area contributed by atoms with Crippen LogP contribution in [-0.2, 0) is 6.54 Å². The van der Waals surface area contributed by atoms with Crippen molar-refractivity contribution >= 4 is 33.0 Å². The summed E-state index contributed by atoms with van der Waals surface area (Å²) in [4.78, 5) is 3.46. The summed E-state index contributed by atoms with van der Waals surface area (Å²) in [6.45, 7) is 7.46. The van der Waals surface area contributed by atoms with Crippen molar-refractivity contribution in [2.45, 2.75) is 20.4 Å². The minimum atomic E-state index is 0.257. The van der Waals surface area contributed by atoms with E-state index in [1.807, 2.05) is 6.07 Å². The molecule has 20 heavy (non-hydrogen) atoms. The average Bonchev–Trinajstić information content (AvgIpc) is 2.65. The minimum Gasteiger partial charge on any atom is -0.311 e. The Kier molecular flexibility index (Phi) is 5.08. The lowest BCUT2D eigenvalue weighted by Crippen LogP contribution is -2.37. The summed E-state index contributed by atoms with van der Waals surface area (Å²) in [7, 11) is 4.23. The normalized spacial score (nSPS) is 12.5. The number of nitrogens with zero attached hydrogens (tertiary/aromatic N) is 1. The summed E-state index contributed by atoms with van der Waals surface area (Å²) in [5.41, 5.74) is 0.257. The molecular weight excluding hydrogens is 288 g/mol. The summed E-state index contributed by atoms with van der Waals surface area (Å²) in [5, 5.41) is 5.62. The van der Waals surface area contributed by atoms with E-state index >= 15 is 0 Å². The molecular formula is C16H23ClN2S. The largest absolute Gasteiger partial charge is 0.311 e. The van der Waals surface area contributed by atoms with Crippen molar-refractivity contribution in [1.82, 2.24) is 10.2 Å². The van der Waals surface area contributed by atoms with Crippen LogP contribution in [0.3, 0.4) is 0 Å². The topological polar surface area (TPSA) is 15.3 Å². The van der Waals surface area contributed by atoms with Gasteiger partial charge in [-0.1, -0.05) is 43.6 Å². The zero-order valence-corrected chi connectivity index (χ0v) is 14.2. The predicted octanol–water partition coefficient (Wildman–Crippen LogP) is 4.23. The Morgan fingerprint density at radius 3 is 2.60 bits per heavy atom. The van der Waals surface area contributed by atoms with E-state index in [4.69, 9.17) is 11.6 Å². The fourth-order valence-corrected chi connectivity index (χ4v) is 4.07. The zero-order chi connectivity index (χ0) is 14.8. The quantitative estimate of drug-likeness (QED) is 0.859. The zero-order valence-electron chi connectivity index (χ0n) is 12.7. The molecule has 0 radical (unpaired) electrons. The van der Waals surface area contributed by atoms with Crippen LogP contribution in [0.5, 0.6) is 0 Å². The van der Waals surface area contributed by atoms with Crippen LogP contribution in [-0.4, -0.2) is 32.1 Å². The van der Waals surface area contributed by atoms with Crippen molar-refractivity contribution in [3.05, 3.63) is 34.2 Å². The molecule has 0 unspecified atom stereocenters. The fraction of sp³-hybridized carbons (Fsp3) is 0.500. The van der Waals surface area contributed by atoms with Crippen LogP contribution >= 0.6 is 22.9 Å². The molecule has 1 heterocycles. The SMILES string of the molecule is CN(C)CC(C)(C)CNCc1sc2ccccc2c1Cl. The van der Waals surface area contributed by atoms with Crippen LogP contribution in [0.15, 0.2) is 24.3 Å². The summed E-state index contributed by atoms with van der Waals surface area (Å²) in [6, 6.07) is 8.32. The molecule has 2 rings (SSSR count). The van der Waals surface area contributed by atoms with Crippen LogP contribution in [0.1, 0.15) is 18.7 Å². The van der Waals surface area contributed by atoms with E-state index in [1.165, 1.54) is 15.0 Å². The van der Waals surface area contributed by atoms with Gasteiger partial charge in [0.25, 0.3) is 0 Å². The van der Waals surface area contributed by atoms with E-state index in [-0.39, 0.29) is 5.41 Å². The van der Waals surface area contributed by atoms with Gasteiger partial charge in [0.2, 0.25) is 0 Å². The third-order valence-corrected chi connectivity index (χ3v) is 4.95. The van der Waals surface area contributed by atoms with Gasteiger partial charge in [-0.2, -0.15) is 0 Å². The molecule has 2 nitrogen and oxygen atoms in total. The van der Waals surface area contributed by atoms with Crippen LogP contribution in [0.25, 0.3) is 10.1 Å². The number of rotatable bonds is 6. The molecule has 1 aromatic heterocycles. The Morgan fingerprint density at radius 2 is 1.95 bits per heavy atom. The van der Waals surface area contributed by atoms with Crippen molar-refractivity contribution in [2.24, 2.45) is 5.41 Å². The predicted molar refractivity (Wildman–Crippen MR) is 90.9 cm³/mol. The highest BCUT2D eigenvalue weighted by molar-refractivity contribution is 7.19. The number of nitrogens with one attached hydrogen (secondary N) is 1. The monoisotopic (exact) mass is 310 g/mol. The van der Waals surface area contributed by atoms with E-state index < -0.39 is 0 Å². The third-order valence-electron chi connectivity index (χ3n) is 3.23. The van der Waals surface area contributed by atoms with E-state index in [2.05, 4.69) is 56.4 Å². The van der Waals surface area contributed by atoms with E-state index in [9.17, 15) is 0 Å². The Bertz CT molecular complexity index is 575. The molecule has 0 spiro atoms. The second-order valence-corrected chi connectivity index (χ2v) is 7.86. The van der Waals surface area contributed by atoms with Gasteiger partial charge in [0.15, 0.2) is 0 Å². The highest BCUT2D eigenvalue weighted by Crippen LogP contribution is 2.35. The molecule has 0 saturated heterocycles. The van der Waals surface area contributed by atoms with E-state index in [0.29, 0.717) is 0 Å². The summed E-state index contributed by atoms with van der Waals surface area (Å²) in [5.74, 6) is 0. The Hall–Kier alpha value is -0.610. The van der Waals surface area contributed by atoms with Gasteiger partial charge >= 0.3 is 0 Å². The molecule has 2 aromatic rings. The maximum absolute atomic E-state index is 6.45. The molecule has 0 aliphatic heterocycles. The first kappa shape index (κ1) is 15.8. The number of halogens is 1. The van der Waals surface area contributed by atoms with Crippen LogP contribution in [0, 0.1) is 5.41 Å². The molecule has 1 aromatic carbocycles. The summed E-state index contributed by atoms with van der Waals surface area (Å²) in [6.07, 6.45) is 0. The van der Waals surface area contributed by atoms with Gasteiger partial charge in [-0.15, -0.1) is 11.3 Å². The molecule has 0 atom stereocenters. The fourth-order valence-electron chi connectivity index (χ4n) is 2.60. The second kappa shape index (κ2) is 6.44. The number of hydrogen-bond acceptors (Lipinski definition) is 3. The third kappa shape index (κ3) is 3.95. The Morgan fingerprint density at radius 1 is 1.25 bits per heavy atom. The smallest absolute Gasteiger partial charge is 0.0636 e. The van der Waals surface area contributed by atoms with Crippen molar-refractivity contribution in [2.75, 3.05) is 27.2 Å². The van der Waals surface area contributed by atoms with Crippen molar-refractivity contribution < 1.29 is 0 Å². The van der Waals surface area contributed by atoms with Crippen molar-refractivity contribution in [3.63, 3.8) is 0 Å². The van der Waals surface area contributed by atoms with Crippen LogP contribution in [0.2, 0.25) is 5.02 Å². The van der Waals surface area contributed by atoms with Gasteiger partial charge in [-0.25, -0.2) is 0 Å². The van der Waals surface area contributed by atoms with Gasteiger partial charge in [-0.3, -0.25) is 0 Å². The maximum Gasteiger partial charge on any atom is 0.0636 e. The second-order valence-electron chi connectivity index (χ2n) is 6.34. The molecule has 110 valence electrons. The van der Waals surface area contributed by atoms with Gasteiger partial charge in [-0.05, 0) is 25.6 Å². The van der Waals surface area contributed by atoms with Crippen LogP contribution in [0.4, 0.5) is 0 Å². The number of hydrogen-bond donors (Lipinski definition) is 1. The molecule has 0 aliphatic rings.